The van der Waals surface area contributed by atoms with E-state index in [0.29, 0.717) is 22.5 Å². The van der Waals surface area contributed by atoms with E-state index in [1.165, 1.54) is 11.9 Å². The normalized spacial score (nSPS) is 11.0. The zero-order valence-corrected chi connectivity index (χ0v) is 14.8. The fourth-order valence-electron chi connectivity index (χ4n) is 2.12. The van der Waals surface area contributed by atoms with Crippen LogP contribution in [0.1, 0.15) is 13.8 Å². The summed E-state index contributed by atoms with van der Waals surface area (Å²) < 4.78 is 11.0. The minimum absolute atomic E-state index is 0.0554. The van der Waals surface area contributed by atoms with Crippen molar-refractivity contribution in [3.05, 3.63) is 47.5 Å². The summed E-state index contributed by atoms with van der Waals surface area (Å²) in [7, 11) is 0. The Morgan fingerprint density at radius 1 is 1.12 bits per heavy atom. The molecule has 0 aliphatic rings. The van der Waals surface area contributed by atoms with Gasteiger partial charge in [0.05, 0.1) is 11.1 Å². The van der Waals surface area contributed by atoms with Gasteiger partial charge in [-0.15, -0.1) is 0 Å². The average molecular weight is 362 g/mol. The Labute approximate surface area is 149 Å². The molecule has 0 fully saturated rings. The first-order valence-corrected chi connectivity index (χ1v) is 8.60. The van der Waals surface area contributed by atoms with Crippen LogP contribution in [0.2, 0.25) is 5.02 Å². The van der Waals surface area contributed by atoms with Gasteiger partial charge in [0.25, 0.3) is 5.89 Å². The van der Waals surface area contributed by atoms with Crippen molar-refractivity contribution in [1.29, 1.82) is 0 Å². The number of benzene rings is 2. The van der Waals surface area contributed by atoms with Gasteiger partial charge in [0.1, 0.15) is 5.75 Å². The highest BCUT2D eigenvalue weighted by Gasteiger charge is 2.13. The molecule has 0 spiro atoms. The molecule has 124 valence electrons. The van der Waals surface area contributed by atoms with Crippen molar-refractivity contribution < 1.29 is 9.26 Å². The third-order valence-corrected chi connectivity index (χ3v) is 4.06. The molecule has 5 nitrogen and oxygen atoms in total. The van der Waals surface area contributed by atoms with Gasteiger partial charge in [0, 0.05) is 16.0 Å². The highest BCUT2D eigenvalue weighted by Crippen LogP contribution is 2.31. The Balaban J connectivity index is 1.85. The van der Waals surface area contributed by atoms with Crippen LogP contribution in [-0.2, 0) is 0 Å². The quantitative estimate of drug-likeness (QED) is 0.657. The van der Waals surface area contributed by atoms with Crippen LogP contribution in [0.5, 0.6) is 5.75 Å². The second-order valence-corrected chi connectivity index (χ2v) is 6.49. The van der Waals surface area contributed by atoms with Gasteiger partial charge in [-0.05, 0) is 68.3 Å². The van der Waals surface area contributed by atoms with E-state index in [4.69, 9.17) is 26.0 Å². The van der Waals surface area contributed by atoms with Crippen LogP contribution in [0.4, 0.5) is 0 Å². The molecule has 0 unspecified atom stereocenters. The highest BCUT2D eigenvalue weighted by molar-refractivity contribution is 7.97. The SMILES string of the molecule is CC(C)Oc1ccc(-c2noc(-c3ccc(SN)cc3)n2)cc1Cl. The summed E-state index contributed by atoms with van der Waals surface area (Å²) in [5, 5.41) is 10.1. The molecule has 0 saturated carbocycles. The summed E-state index contributed by atoms with van der Waals surface area (Å²) in [6.45, 7) is 3.90. The number of ether oxygens (including phenoxy) is 1. The average Bonchev–Trinajstić information content (AvgIpc) is 3.06. The Morgan fingerprint density at radius 2 is 1.83 bits per heavy atom. The molecule has 0 amide bonds. The topological polar surface area (TPSA) is 74.2 Å². The molecule has 0 aliphatic heterocycles. The molecule has 3 aromatic rings. The van der Waals surface area contributed by atoms with Crippen LogP contribution in [0.25, 0.3) is 22.8 Å². The number of aromatic nitrogens is 2. The monoisotopic (exact) mass is 361 g/mol. The summed E-state index contributed by atoms with van der Waals surface area (Å²) in [6.07, 6.45) is 0.0554. The van der Waals surface area contributed by atoms with Crippen LogP contribution >= 0.6 is 23.5 Å². The summed E-state index contributed by atoms with van der Waals surface area (Å²) in [4.78, 5) is 5.39. The molecule has 0 radical (unpaired) electrons. The molecule has 0 aliphatic carbocycles. The molecule has 0 bridgehead atoms. The van der Waals surface area contributed by atoms with E-state index in [2.05, 4.69) is 10.1 Å². The highest BCUT2D eigenvalue weighted by atomic mass is 35.5. The third-order valence-electron chi connectivity index (χ3n) is 3.22. The van der Waals surface area contributed by atoms with E-state index in [9.17, 15) is 0 Å². The molecule has 24 heavy (non-hydrogen) atoms. The third kappa shape index (κ3) is 3.72. The van der Waals surface area contributed by atoms with Crippen LogP contribution in [0.3, 0.4) is 0 Å². The van der Waals surface area contributed by atoms with E-state index in [0.717, 1.165) is 16.0 Å². The molecule has 0 atom stereocenters. The number of hydrogen-bond donors (Lipinski definition) is 1. The van der Waals surface area contributed by atoms with Crippen LogP contribution in [0, 0.1) is 0 Å². The summed E-state index contributed by atoms with van der Waals surface area (Å²) >= 11 is 7.44. The van der Waals surface area contributed by atoms with Crippen LogP contribution in [-0.4, -0.2) is 16.2 Å². The van der Waals surface area contributed by atoms with Gasteiger partial charge in [-0.3, -0.25) is 5.14 Å². The van der Waals surface area contributed by atoms with Gasteiger partial charge in [-0.2, -0.15) is 4.98 Å². The molecule has 1 aromatic heterocycles. The van der Waals surface area contributed by atoms with Crippen LogP contribution in [0.15, 0.2) is 51.9 Å². The van der Waals surface area contributed by atoms with E-state index in [-0.39, 0.29) is 6.10 Å². The lowest BCUT2D eigenvalue weighted by molar-refractivity contribution is 0.242. The van der Waals surface area contributed by atoms with E-state index in [1.54, 1.807) is 12.1 Å². The molecule has 7 heteroatoms. The molecule has 2 N–H and O–H groups in total. The van der Waals surface area contributed by atoms with Gasteiger partial charge in [-0.1, -0.05) is 16.8 Å². The lowest BCUT2D eigenvalue weighted by Crippen LogP contribution is -2.05. The smallest absolute Gasteiger partial charge is 0.258 e. The Kier molecular flexibility index (Phi) is 5.08. The Morgan fingerprint density at radius 3 is 2.46 bits per heavy atom. The number of nitrogens with two attached hydrogens (primary N) is 1. The van der Waals surface area contributed by atoms with Gasteiger partial charge in [0.2, 0.25) is 5.82 Å². The first kappa shape index (κ1) is 16.8. The van der Waals surface area contributed by atoms with E-state index >= 15 is 0 Å². The molecular formula is C17H16ClN3O2S. The predicted octanol–water partition coefficient (Wildman–Crippen LogP) is 4.81. The lowest BCUT2D eigenvalue weighted by Gasteiger charge is -2.11. The summed E-state index contributed by atoms with van der Waals surface area (Å²) in [5.41, 5.74) is 1.60. The minimum Gasteiger partial charge on any atom is -0.489 e. The van der Waals surface area contributed by atoms with Crippen molar-refractivity contribution in [2.24, 2.45) is 5.14 Å². The molecule has 1 heterocycles. The summed E-state index contributed by atoms with van der Waals surface area (Å²) in [6, 6.07) is 13.0. The number of nitrogens with zero attached hydrogens (tertiary/aromatic N) is 2. The minimum atomic E-state index is 0.0554. The molecule has 2 aromatic carbocycles. The Bertz CT molecular complexity index is 834. The fourth-order valence-corrected chi connectivity index (χ4v) is 2.64. The van der Waals surface area contributed by atoms with Crippen molar-refractivity contribution in [3.63, 3.8) is 0 Å². The molecule has 0 saturated heterocycles. The van der Waals surface area contributed by atoms with Crippen molar-refractivity contribution in [1.82, 2.24) is 10.1 Å². The van der Waals surface area contributed by atoms with Gasteiger partial charge >= 0.3 is 0 Å². The number of hydrogen-bond acceptors (Lipinski definition) is 6. The maximum atomic E-state index is 6.26. The molecular weight excluding hydrogens is 346 g/mol. The van der Waals surface area contributed by atoms with Crippen molar-refractivity contribution >= 4 is 23.5 Å². The second-order valence-electron chi connectivity index (χ2n) is 5.38. The van der Waals surface area contributed by atoms with Gasteiger partial charge < -0.3 is 9.26 Å². The first-order valence-electron chi connectivity index (χ1n) is 7.34. The molecule has 3 rings (SSSR count). The zero-order valence-electron chi connectivity index (χ0n) is 13.2. The zero-order chi connectivity index (χ0) is 17.1. The first-order chi connectivity index (χ1) is 11.6. The maximum absolute atomic E-state index is 6.26. The van der Waals surface area contributed by atoms with E-state index < -0.39 is 0 Å². The number of halogens is 1. The summed E-state index contributed by atoms with van der Waals surface area (Å²) in [5.74, 6) is 1.55. The van der Waals surface area contributed by atoms with Crippen molar-refractivity contribution in [3.8, 4) is 28.6 Å². The standard InChI is InChI=1S/C17H16ClN3O2S/c1-10(2)22-15-8-5-12(9-14(15)18)16-20-17(23-21-16)11-3-6-13(24-19)7-4-11/h3-10H,19H2,1-2H3. The Hall–Kier alpha value is -2.02. The largest absolute Gasteiger partial charge is 0.489 e. The van der Waals surface area contributed by atoms with Crippen LogP contribution < -0.4 is 9.88 Å². The maximum Gasteiger partial charge on any atom is 0.258 e. The van der Waals surface area contributed by atoms with Crippen molar-refractivity contribution in [2.75, 3.05) is 0 Å². The van der Waals surface area contributed by atoms with Gasteiger partial charge in [-0.25, -0.2) is 0 Å². The lowest BCUT2D eigenvalue weighted by atomic mass is 10.2. The van der Waals surface area contributed by atoms with E-state index in [1.807, 2.05) is 44.2 Å². The van der Waals surface area contributed by atoms with Crippen molar-refractivity contribution in [2.45, 2.75) is 24.8 Å². The fraction of sp³-hybridized carbons (Fsp3) is 0.176. The number of rotatable bonds is 5. The predicted molar refractivity (Wildman–Crippen MR) is 96.0 cm³/mol. The van der Waals surface area contributed by atoms with Gasteiger partial charge in [0.15, 0.2) is 0 Å². The second kappa shape index (κ2) is 7.25.